The summed E-state index contributed by atoms with van der Waals surface area (Å²) in [5.74, 6) is 0.991. The quantitative estimate of drug-likeness (QED) is 0.624. The Morgan fingerprint density at radius 3 is 3.33 bits per heavy atom. The third kappa shape index (κ3) is 1.03. The van der Waals surface area contributed by atoms with E-state index in [4.69, 9.17) is 0 Å². The summed E-state index contributed by atoms with van der Waals surface area (Å²) in [6.07, 6.45) is 1.80. The number of fused-ring (bicyclic) bond motifs is 1. The molecular formula is C9H11N3. The fraction of sp³-hybridized carbons (Fsp3) is 0.222. The Morgan fingerprint density at radius 1 is 1.67 bits per heavy atom. The summed E-state index contributed by atoms with van der Waals surface area (Å²) in [4.78, 5) is 6.33. The number of pyridine rings is 1. The molecule has 2 heterocycles. The molecule has 1 N–H and O–H groups in total. The fourth-order valence-corrected chi connectivity index (χ4v) is 1.39. The smallest absolute Gasteiger partial charge is 0.152 e. The number of nitrogens with one attached hydrogen (secondary N) is 1. The molecule has 2 rings (SSSR count). The van der Waals surface area contributed by atoms with Crippen LogP contribution in [-0.2, 0) is 0 Å². The van der Waals surface area contributed by atoms with Gasteiger partial charge >= 0.3 is 0 Å². The van der Waals surface area contributed by atoms with Crippen LogP contribution < -0.4 is 10.2 Å². The molecule has 0 radical (unpaired) electrons. The zero-order chi connectivity index (χ0) is 8.55. The molecule has 0 amide bonds. The van der Waals surface area contributed by atoms with Gasteiger partial charge in [-0.2, -0.15) is 0 Å². The summed E-state index contributed by atoms with van der Waals surface area (Å²) in [5.41, 5.74) is 2.05. The summed E-state index contributed by atoms with van der Waals surface area (Å²) in [5, 5.41) is 3.19. The summed E-state index contributed by atoms with van der Waals surface area (Å²) >= 11 is 0. The summed E-state index contributed by atoms with van der Waals surface area (Å²) in [7, 11) is 2.01. The van der Waals surface area contributed by atoms with Crippen LogP contribution in [0.2, 0.25) is 0 Å². The van der Waals surface area contributed by atoms with Crippen molar-refractivity contribution in [2.24, 2.45) is 0 Å². The van der Waals surface area contributed by atoms with Gasteiger partial charge in [-0.25, -0.2) is 4.98 Å². The van der Waals surface area contributed by atoms with Gasteiger partial charge in [0.1, 0.15) is 0 Å². The number of hydrogen-bond donors (Lipinski definition) is 1. The Hall–Kier alpha value is -1.51. The lowest BCUT2D eigenvalue weighted by atomic mass is 10.2. The van der Waals surface area contributed by atoms with Crippen molar-refractivity contribution in [2.75, 3.05) is 23.8 Å². The topological polar surface area (TPSA) is 28.2 Å². The summed E-state index contributed by atoms with van der Waals surface area (Å²) in [6, 6.07) is 3.92. The molecule has 3 heteroatoms. The van der Waals surface area contributed by atoms with Gasteiger partial charge in [0.15, 0.2) is 5.82 Å². The van der Waals surface area contributed by atoms with Crippen LogP contribution in [0.15, 0.2) is 30.6 Å². The van der Waals surface area contributed by atoms with Crippen LogP contribution in [0.1, 0.15) is 0 Å². The standard InChI is InChI=1S/C9H11N3/c1-7-6-12(2)9-8(11-7)4-3-5-10-9/h3-5,11H,1,6H2,2H3. The van der Waals surface area contributed by atoms with Crippen LogP contribution >= 0.6 is 0 Å². The molecule has 62 valence electrons. The van der Waals surface area contributed by atoms with Crippen LogP contribution in [-0.4, -0.2) is 18.6 Å². The van der Waals surface area contributed by atoms with Crippen molar-refractivity contribution in [2.45, 2.75) is 0 Å². The van der Waals surface area contributed by atoms with Gasteiger partial charge in [0.05, 0.1) is 12.2 Å². The van der Waals surface area contributed by atoms with Gasteiger partial charge in [-0.05, 0) is 12.1 Å². The number of rotatable bonds is 0. The van der Waals surface area contributed by atoms with Gasteiger partial charge in [0.2, 0.25) is 0 Å². The van der Waals surface area contributed by atoms with Gasteiger partial charge in [0.25, 0.3) is 0 Å². The maximum absolute atomic E-state index is 4.26. The highest BCUT2D eigenvalue weighted by Gasteiger charge is 2.15. The highest BCUT2D eigenvalue weighted by Crippen LogP contribution is 2.26. The molecule has 1 aliphatic heterocycles. The van der Waals surface area contributed by atoms with Crippen molar-refractivity contribution in [1.29, 1.82) is 0 Å². The Morgan fingerprint density at radius 2 is 2.50 bits per heavy atom. The second-order valence-corrected chi connectivity index (χ2v) is 2.96. The van der Waals surface area contributed by atoms with Crippen molar-refractivity contribution in [3.63, 3.8) is 0 Å². The number of hydrogen-bond acceptors (Lipinski definition) is 3. The van der Waals surface area contributed by atoms with E-state index in [-0.39, 0.29) is 0 Å². The minimum atomic E-state index is 0.823. The molecule has 0 atom stereocenters. The molecule has 1 aliphatic rings. The molecule has 1 aromatic rings. The van der Waals surface area contributed by atoms with Crippen molar-refractivity contribution >= 4 is 11.5 Å². The molecule has 0 fully saturated rings. The van der Waals surface area contributed by atoms with E-state index in [1.807, 2.05) is 19.2 Å². The molecule has 0 unspecified atom stereocenters. The number of aromatic nitrogens is 1. The van der Waals surface area contributed by atoms with Crippen molar-refractivity contribution in [1.82, 2.24) is 4.98 Å². The van der Waals surface area contributed by atoms with E-state index in [1.54, 1.807) is 6.20 Å². The number of nitrogens with zero attached hydrogens (tertiary/aromatic N) is 2. The first kappa shape index (κ1) is 7.16. The van der Waals surface area contributed by atoms with E-state index in [9.17, 15) is 0 Å². The Bertz CT molecular complexity index is 319. The minimum absolute atomic E-state index is 0.823. The minimum Gasteiger partial charge on any atom is -0.355 e. The Labute approximate surface area is 71.7 Å². The van der Waals surface area contributed by atoms with Crippen LogP contribution in [0.4, 0.5) is 11.5 Å². The molecule has 3 nitrogen and oxygen atoms in total. The first-order valence-corrected chi connectivity index (χ1v) is 3.88. The van der Waals surface area contributed by atoms with Crippen molar-refractivity contribution in [3.8, 4) is 0 Å². The highest BCUT2D eigenvalue weighted by molar-refractivity contribution is 5.70. The zero-order valence-electron chi connectivity index (χ0n) is 7.04. The Balaban J connectivity index is 2.47. The largest absolute Gasteiger partial charge is 0.355 e. The number of likely N-dealkylation sites (N-methyl/N-ethyl adjacent to an activating group) is 1. The van der Waals surface area contributed by atoms with E-state index in [2.05, 4.69) is 21.8 Å². The number of anilines is 2. The van der Waals surface area contributed by atoms with Gasteiger partial charge in [-0.1, -0.05) is 6.58 Å². The molecule has 1 aromatic heterocycles. The maximum atomic E-state index is 4.26. The van der Waals surface area contributed by atoms with Crippen molar-refractivity contribution < 1.29 is 0 Å². The average Bonchev–Trinajstić information content (AvgIpc) is 2.04. The second kappa shape index (κ2) is 2.52. The Kier molecular flexibility index (Phi) is 1.50. The van der Waals surface area contributed by atoms with Gasteiger partial charge in [-0.3, -0.25) is 0 Å². The van der Waals surface area contributed by atoms with Gasteiger partial charge in [0, 0.05) is 18.9 Å². The fourth-order valence-electron chi connectivity index (χ4n) is 1.39. The average molecular weight is 161 g/mol. The monoisotopic (exact) mass is 161 g/mol. The lowest BCUT2D eigenvalue weighted by Gasteiger charge is -2.28. The maximum Gasteiger partial charge on any atom is 0.152 e. The lowest BCUT2D eigenvalue weighted by molar-refractivity contribution is 0.932. The molecule has 0 saturated heterocycles. The third-order valence-corrected chi connectivity index (χ3v) is 1.89. The molecule has 0 aromatic carbocycles. The van der Waals surface area contributed by atoms with E-state index >= 15 is 0 Å². The van der Waals surface area contributed by atoms with Crippen LogP contribution in [0.3, 0.4) is 0 Å². The highest BCUT2D eigenvalue weighted by atomic mass is 15.2. The predicted octanol–water partition coefficient (Wildman–Crippen LogP) is 1.46. The van der Waals surface area contributed by atoms with Crippen molar-refractivity contribution in [3.05, 3.63) is 30.6 Å². The SMILES string of the molecule is C=C1CN(C)c2ncccc2N1. The third-order valence-electron chi connectivity index (χ3n) is 1.89. The van der Waals surface area contributed by atoms with E-state index in [1.165, 1.54) is 0 Å². The zero-order valence-corrected chi connectivity index (χ0v) is 7.04. The summed E-state index contributed by atoms with van der Waals surface area (Å²) in [6.45, 7) is 4.71. The molecule has 12 heavy (non-hydrogen) atoms. The molecule has 0 spiro atoms. The molecule has 0 bridgehead atoms. The van der Waals surface area contributed by atoms with Crippen LogP contribution in [0, 0.1) is 0 Å². The van der Waals surface area contributed by atoms with E-state index in [0.717, 1.165) is 23.7 Å². The normalized spacial score (nSPS) is 15.4. The molecule has 0 saturated carbocycles. The first-order valence-electron chi connectivity index (χ1n) is 3.88. The van der Waals surface area contributed by atoms with Crippen LogP contribution in [0.5, 0.6) is 0 Å². The van der Waals surface area contributed by atoms with Gasteiger partial charge < -0.3 is 10.2 Å². The van der Waals surface area contributed by atoms with Crippen LogP contribution in [0.25, 0.3) is 0 Å². The second-order valence-electron chi connectivity index (χ2n) is 2.96. The lowest BCUT2D eigenvalue weighted by Crippen LogP contribution is -2.29. The van der Waals surface area contributed by atoms with E-state index < -0.39 is 0 Å². The molecular weight excluding hydrogens is 150 g/mol. The van der Waals surface area contributed by atoms with E-state index in [0.29, 0.717) is 0 Å². The molecule has 0 aliphatic carbocycles. The predicted molar refractivity (Wildman–Crippen MR) is 50.3 cm³/mol. The van der Waals surface area contributed by atoms with Gasteiger partial charge in [-0.15, -0.1) is 0 Å². The summed E-state index contributed by atoms with van der Waals surface area (Å²) < 4.78 is 0. The first-order chi connectivity index (χ1) is 5.77.